The first kappa shape index (κ1) is 17.4. The molecule has 0 radical (unpaired) electrons. The largest absolute Gasteiger partial charge is 0.320 e. The number of imidazole rings is 1. The Morgan fingerprint density at radius 1 is 1.03 bits per heavy atom. The first-order valence-corrected chi connectivity index (χ1v) is 9.99. The van der Waals surface area contributed by atoms with Crippen molar-refractivity contribution in [3.8, 4) is 22.5 Å². The molecule has 3 heterocycles. The van der Waals surface area contributed by atoms with Gasteiger partial charge in [-0.15, -0.1) is 11.3 Å². The number of benzene rings is 2. The summed E-state index contributed by atoms with van der Waals surface area (Å²) >= 11 is 1.57. The molecule has 0 bridgehead atoms. The third-order valence-electron chi connectivity index (χ3n) is 4.73. The molecule has 5 rings (SSSR count). The second kappa shape index (κ2) is 7.03. The Kier molecular flexibility index (Phi) is 4.22. The molecule has 29 heavy (non-hydrogen) atoms. The first-order chi connectivity index (χ1) is 14.2. The van der Waals surface area contributed by atoms with E-state index in [4.69, 9.17) is 0 Å². The molecule has 142 valence electrons. The van der Waals surface area contributed by atoms with Gasteiger partial charge in [-0.1, -0.05) is 48.5 Å². The Hall–Kier alpha value is -3.71. The highest BCUT2D eigenvalue weighted by molar-refractivity contribution is 7.15. The second-order valence-corrected chi connectivity index (χ2v) is 7.50. The van der Waals surface area contributed by atoms with Crippen molar-refractivity contribution < 1.29 is 4.79 Å². The molecule has 7 heteroatoms. The number of nitrogens with zero attached hydrogens (tertiary/aromatic N) is 4. The van der Waals surface area contributed by atoms with E-state index in [-0.39, 0.29) is 5.91 Å². The Balaban J connectivity index is 1.46. The number of thiazole rings is 1. The lowest BCUT2D eigenvalue weighted by Crippen LogP contribution is -2.16. The maximum atomic E-state index is 13.0. The van der Waals surface area contributed by atoms with Crippen molar-refractivity contribution in [2.24, 2.45) is 7.05 Å². The van der Waals surface area contributed by atoms with Crippen molar-refractivity contribution >= 4 is 27.9 Å². The lowest BCUT2D eigenvalue weighted by molar-refractivity contribution is 0.101. The van der Waals surface area contributed by atoms with E-state index >= 15 is 0 Å². The highest BCUT2D eigenvalue weighted by atomic mass is 32.1. The zero-order valence-electron chi connectivity index (χ0n) is 15.6. The number of hydrogen-bond acceptors (Lipinski definition) is 4. The maximum Gasteiger partial charge on any atom is 0.273 e. The zero-order chi connectivity index (χ0) is 19.8. The van der Waals surface area contributed by atoms with Gasteiger partial charge >= 0.3 is 0 Å². The molecular weight excluding hydrogens is 382 g/mol. The van der Waals surface area contributed by atoms with Gasteiger partial charge in [-0.05, 0) is 12.1 Å². The lowest BCUT2D eigenvalue weighted by Gasteiger charge is -2.09. The van der Waals surface area contributed by atoms with Crippen LogP contribution in [0, 0.1) is 0 Å². The molecule has 1 amide bonds. The highest BCUT2D eigenvalue weighted by Crippen LogP contribution is 2.29. The van der Waals surface area contributed by atoms with Crippen molar-refractivity contribution in [2.45, 2.75) is 0 Å². The molecule has 0 fully saturated rings. The van der Waals surface area contributed by atoms with Crippen LogP contribution in [-0.2, 0) is 7.05 Å². The van der Waals surface area contributed by atoms with Crippen molar-refractivity contribution in [1.82, 2.24) is 19.2 Å². The minimum absolute atomic E-state index is 0.212. The van der Waals surface area contributed by atoms with Crippen LogP contribution in [0.15, 0.2) is 78.4 Å². The Morgan fingerprint density at radius 3 is 2.66 bits per heavy atom. The number of amides is 1. The van der Waals surface area contributed by atoms with Gasteiger partial charge in [0.05, 0.1) is 17.1 Å². The minimum Gasteiger partial charge on any atom is -0.320 e. The number of carbonyl (C=O) groups is 1. The number of rotatable bonds is 4. The SMILES string of the molecule is Cn1nc(-c2ccccc2)cc1C(=O)Nc1ccccc1-c1cn2ccsc2n1. The van der Waals surface area contributed by atoms with Crippen LogP contribution in [0.25, 0.3) is 27.5 Å². The predicted octanol–water partition coefficient (Wildman–Crippen LogP) is 4.72. The summed E-state index contributed by atoms with van der Waals surface area (Å²) in [5.41, 5.74) is 4.64. The number of hydrogen-bond donors (Lipinski definition) is 1. The van der Waals surface area contributed by atoms with Crippen molar-refractivity contribution in [1.29, 1.82) is 0 Å². The molecule has 0 saturated heterocycles. The maximum absolute atomic E-state index is 13.0. The van der Waals surface area contributed by atoms with E-state index in [1.165, 1.54) is 0 Å². The van der Waals surface area contributed by atoms with E-state index in [0.29, 0.717) is 11.4 Å². The Morgan fingerprint density at radius 2 is 1.83 bits per heavy atom. The number of anilines is 1. The fraction of sp³-hybridized carbons (Fsp3) is 0.0455. The average Bonchev–Trinajstić information content (AvgIpc) is 3.44. The Labute approximate surface area is 171 Å². The molecular formula is C22H17N5OS. The van der Waals surface area contributed by atoms with Gasteiger partial charge in [0.15, 0.2) is 4.96 Å². The van der Waals surface area contributed by atoms with Crippen LogP contribution in [-0.4, -0.2) is 25.1 Å². The van der Waals surface area contributed by atoms with Gasteiger partial charge in [-0.2, -0.15) is 5.10 Å². The topological polar surface area (TPSA) is 64.2 Å². The average molecular weight is 399 g/mol. The minimum atomic E-state index is -0.212. The van der Waals surface area contributed by atoms with Gasteiger partial charge < -0.3 is 5.32 Å². The molecule has 5 aromatic rings. The molecule has 0 spiro atoms. The Bertz CT molecular complexity index is 1290. The van der Waals surface area contributed by atoms with Gasteiger partial charge in [-0.3, -0.25) is 13.9 Å². The van der Waals surface area contributed by atoms with Gasteiger partial charge in [0, 0.05) is 35.9 Å². The number of aromatic nitrogens is 4. The third kappa shape index (κ3) is 3.21. The number of nitrogens with one attached hydrogen (secondary N) is 1. The van der Waals surface area contributed by atoms with E-state index < -0.39 is 0 Å². The molecule has 2 aromatic carbocycles. The summed E-state index contributed by atoms with van der Waals surface area (Å²) in [7, 11) is 1.77. The molecule has 3 aromatic heterocycles. The van der Waals surface area contributed by atoms with Crippen molar-refractivity contribution in [3.05, 3.63) is 84.1 Å². The monoisotopic (exact) mass is 399 g/mol. The van der Waals surface area contributed by atoms with E-state index in [2.05, 4.69) is 15.4 Å². The quantitative estimate of drug-likeness (QED) is 0.476. The van der Waals surface area contributed by atoms with Crippen LogP contribution < -0.4 is 5.32 Å². The number of carbonyl (C=O) groups excluding carboxylic acids is 1. The number of para-hydroxylation sites is 1. The molecule has 0 unspecified atom stereocenters. The van der Waals surface area contributed by atoms with Crippen LogP contribution in [0.3, 0.4) is 0 Å². The fourth-order valence-corrected chi connectivity index (χ4v) is 3.99. The summed E-state index contributed by atoms with van der Waals surface area (Å²) in [5.74, 6) is -0.212. The second-order valence-electron chi connectivity index (χ2n) is 6.62. The molecule has 0 saturated carbocycles. The summed E-state index contributed by atoms with van der Waals surface area (Å²) < 4.78 is 3.58. The van der Waals surface area contributed by atoms with Crippen LogP contribution in [0.2, 0.25) is 0 Å². The van der Waals surface area contributed by atoms with Gasteiger partial charge in [0.1, 0.15) is 5.69 Å². The van der Waals surface area contributed by atoms with Crippen LogP contribution >= 0.6 is 11.3 Å². The third-order valence-corrected chi connectivity index (χ3v) is 5.50. The molecule has 0 atom stereocenters. The normalized spacial score (nSPS) is 11.1. The fourth-order valence-electron chi connectivity index (χ4n) is 3.29. The number of aryl methyl sites for hydroxylation is 1. The van der Waals surface area contributed by atoms with E-state index in [1.807, 2.05) is 76.8 Å². The first-order valence-electron chi connectivity index (χ1n) is 9.11. The predicted molar refractivity (Wildman–Crippen MR) is 115 cm³/mol. The summed E-state index contributed by atoms with van der Waals surface area (Å²) in [6.45, 7) is 0. The number of fused-ring (bicyclic) bond motifs is 1. The van der Waals surface area contributed by atoms with Gasteiger partial charge in [0.2, 0.25) is 0 Å². The van der Waals surface area contributed by atoms with E-state index in [9.17, 15) is 4.79 Å². The van der Waals surface area contributed by atoms with Gasteiger partial charge in [-0.25, -0.2) is 4.98 Å². The van der Waals surface area contributed by atoms with Crippen molar-refractivity contribution in [2.75, 3.05) is 5.32 Å². The van der Waals surface area contributed by atoms with Crippen LogP contribution in [0.1, 0.15) is 10.5 Å². The highest BCUT2D eigenvalue weighted by Gasteiger charge is 2.17. The summed E-state index contributed by atoms with van der Waals surface area (Å²) in [6, 6.07) is 19.3. The zero-order valence-corrected chi connectivity index (χ0v) is 16.4. The summed E-state index contributed by atoms with van der Waals surface area (Å²) in [5, 5.41) is 9.50. The van der Waals surface area contributed by atoms with E-state index in [0.717, 1.165) is 27.5 Å². The lowest BCUT2D eigenvalue weighted by atomic mass is 10.1. The smallest absolute Gasteiger partial charge is 0.273 e. The molecule has 0 aliphatic rings. The van der Waals surface area contributed by atoms with E-state index in [1.54, 1.807) is 29.1 Å². The standard InChI is InChI=1S/C22H17N5OS/c1-26-20(13-18(25-26)15-7-3-2-4-8-15)21(28)23-17-10-6-5-9-16(17)19-14-27-11-12-29-22(27)24-19/h2-14H,1H3,(H,23,28). The van der Waals surface area contributed by atoms with Crippen molar-refractivity contribution in [3.63, 3.8) is 0 Å². The molecule has 6 nitrogen and oxygen atoms in total. The molecule has 1 N–H and O–H groups in total. The molecule has 0 aliphatic carbocycles. The van der Waals surface area contributed by atoms with Crippen LogP contribution in [0.5, 0.6) is 0 Å². The van der Waals surface area contributed by atoms with Crippen LogP contribution in [0.4, 0.5) is 5.69 Å². The summed E-state index contributed by atoms with van der Waals surface area (Å²) in [6.07, 6.45) is 3.94. The summed E-state index contributed by atoms with van der Waals surface area (Å²) in [4.78, 5) is 18.6. The van der Waals surface area contributed by atoms with Gasteiger partial charge in [0.25, 0.3) is 5.91 Å². The molecule has 0 aliphatic heterocycles.